The van der Waals surface area contributed by atoms with Crippen LogP contribution < -0.4 is 10.5 Å². The molecule has 0 radical (unpaired) electrons. The average molecular weight is 266 g/mol. The van der Waals surface area contributed by atoms with E-state index in [1.165, 1.54) is 0 Å². The van der Waals surface area contributed by atoms with Crippen LogP contribution in [0.5, 0.6) is 5.75 Å². The minimum Gasteiger partial charge on any atom is -0.467 e. The first-order chi connectivity index (χ1) is 9.20. The Kier molecular flexibility index (Phi) is 5.01. The molecule has 0 saturated heterocycles. The van der Waals surface area contributed by atoms with Crippen molar-refractivity contribution in [3.63, 3.8) is 0 Å². The minimum absolute atomic E-state index is 0.312. The van der Waals surface area contributed by atoms with Gasteiger partial charge >= 0.3 is 0 Å². The number of fused-ring (bicyclic) bond motifs is 1. The molecule has 1 aromatic carbocycles. The molecular formula is C14H22N2O3. The minimum atomic E-state index is 0.312. The monoisotopic (exact) mass is 266 g/mol. The lowest BCUT2D eigenvalue weighted by molar-refractivity contribution is -0.0174. The number of likely N-dealkylation sites (N-methyl/N-ethyl adjacent to an activating group) is 1. The standard InChI is InChI=1S/C14H22N2O3/c1-3-17-5-4-16(2)8-11-6-13(15)7-12-9-18-10-19-14(11)12/h6-7H,3-5,8-10,15H2,1-2H3. The molecule has 1 aliphatic rings. The first-order valence-electron chi connectivity index (χ1n) is 6.58. The molecule has 106 valence electrons. The molecule has 1 aliphatic heterocycles. The molecule has 0 fully saturated rings. The summed E-state index contributed by atoms with van der Waals surface area (Å²) in [4.78, 5) is 2.20. The van der Waals surface area contributed by atoms with E-state index in [0.29, 0.717) is 13.4 Å². The highest BCUT2D eigenvalue weighted by molar-refractivity contribution is 5.53. The van der Waals surface area contributed by atoms with Gasteiger partial charge in [-0.1, -0.05) is 0 Å². The fourth-order valence-corrected chi connectivity index (χ4v) is 2.18. The van der Waals surface area contributed by atoms with Crippen molar-refractivity contribution in [2.75, 3.05) is 39.3 Å². The zero-order valence-electron chi connectivity index (χ0n) is 11.6. The SMILES string of the molecule is CCOCCN(C)Cc1cc(N)cc2c1OCOC2. The highest BCUT2D eigenvalue weighted by Crippen LogP contribution is 2.31. The molecule has 0 aromatic heterocycles. The summed E-state index contributed by atoms with van der Waals surface area (Å²) >= 11 is 0. The van der Waals surface area contributed by atoms with Crippen molar-refractivity contribution < 1.29 is 14.2 Å². The predicted octanol–water partition coefficient (Wildman–Crippen LogP) is 1.60. The van der Waals surface area contributed by atoms with Crippen LogP contribution in [-0.4, -0.2) is 38.5 Å². The fraction of sp³-hybridized carbons (Fsp3) is 0.571. The first-order valence-corrected chi connectivity index (χ1v) is 6.58. The largest absolute Gasteiger partial charge is 0.467 e. The molecule has 2 N–H and O–H groups in total. The number of nitrogens with two attached hydrogens (primary N) is 1. The van der Waals surface area contributed by atoms with Crippen LogP contribution in [0.2, 0.25) is 0 Å². The Bertz CT molecular complexity index is 423. The van der Waals surface area contributed by atoms with Crippen LogP contribution in [0.15, 0.2) is 12.1 Å². The lowest BCUT2D eigenvalue weighted by Crippen LogP contribution is -2.24. The Morgan fingerprint density at radius 1 is 1.42 bits per heavy atom. The maximum atomic E-state index is 5.93. The summed E-state index contributed by atoms with van der Waals surface area (Å²) in [6, 6.07) is 3.89. The fourth-order valence-electron chi connectivity index (χ4n) is 2.18. The van der Waals surface area contributed by atoms with Gasteiger partial charge in [-0.3, -0.25) is 4.90 Å². The zero-order chi connectivity index (χ0) is 13.7. The maximum Gasteiger partial charge on any atom is 0.189 e. The summed E-state index contributed by atoms with van der Waals surface area (Å²) in [7, 11) is 2.06. The zero-order valence-corrected chi connectivity index (χ0v) is 11.6. The summed E-state index contributed by atoms with van der Waals surface area (Å²) < 4.78 is 16.2. The van der Waals surface area contributed by atoms with Gasteiger partial charge in [-0.15, -0.1) is 0 Å². The van der Waals surface area contributed by atoms with Gasteiger partial charge in [0, 0.05) is 36.5 Å². The summed E-state index contributed by atoms with van der Waals surface area (Å²) in [6.07, 6.45) is 0. The van der Waals surface area contributed by atoms with Gasteiger partial charge in [0.25, 0.3) is 0 Å². The van der Waals surface area contributed by atoms with Gasteiger partial charge in [0.2, 0.25) is 0 Å². The van der Waals surface area contributed by atoms with Gasteiger partial charge in [0.05, 0.1) is 13.2 Å². The van der Waals surface area contributed by atoms with Crippen LogP contribution in [0.1, 0.15) is 18.1 Å². The molecule has 0 aliphatic carbocycles. The van der Waals surface area contributed by atoms with Crippen LogP contribution in [-0.2, 0) is 22.6 Å². The van der Waals surface area contributed by atoms with Crippen molar-refractivity contribution in [3.8, 4) is 5.75 Å². The second-order valence-corrected chi connectivity index (χ2v) is 4.71. The van der Waals surface area contributed by atoms with Crippen LogP contribution in [0, 0.1) is 0 Å². The normalized spacial score (nSPS) is 14.3. The molecule has 5 nitrogen and oxygen atoms in total. The lowest BCUT2D eigenvalue weighted by Gasteiger charge is -2.24. The molecule has 0 saturated carbocycles. The third-order valence-corrected chi connectivity index (χ3v) is 3.07. The summed E-state index contributed by atoms with van der Waals surface area (Å²) in [5.74, 6) is 0.920. The van der Waals surface area contributed by atoms with Crippen LogP contribution in [0.3, 0.4) is 0 Å². The Labute approximate surface area is 114 Å². The molecule has 0 amide bonds. The third-order valence-electron chi connectivity index (χ3n) is 3.07. The van der Waals surface area contributed by atoms with E-state index in [1.807, 2.05) is 19.1 Å². The van der Waals surface area contributed by atoms with E-state index in [4.69, 9.17) is 19.9 Å². The molecule has 5 heteroatoms. The van der Waals surface area contributed by atoms with E-state index in [0.717, 1.165) is 48.9 Å². The predicted molar refractivity (Wildman–Crippen MR) is 74.0 cm³/mol. The van der Waals surface area contributed by atoms with Crippen molar-refractivity contribution >= 4 is 5.69 Å². The van der Waals surface area contributed by atoms with Crippen molar-refractivity contribution in [1.82, 2.24) is 4.90 Å². The lowest BCUT2D eigenvalue weighted by atomic mass is 10.1. The van der Waals surface area contributed by atoms with Crippen molar-refractivity contribution in [2.24, 2.45) is 0 Å². The molecule has 2 rings (SSSR count). The van der Waals surface area contributed by atoms with Crippen molar-refractivity contribution in [3.05, 3.63) is 23.3 Å². The number of rotatable bonds is 6. The van der Waals surface area contributed by atoms with Gasteiger partial charge < -0.3 is 19.9 Å². The molecule has 0 bridgehead atoms. The van der Waals surface area contributed by atoms with Gasteiger partial charge in [0.1, 0.15) is 5.75 Å². The smallest absolute Gasteiger partial charge is 0.189 e. The first kappa shape index (κ1) is 14.1. The Hall–Kier alpha value is -1.30. The number of ether oxygens (including phenoxy) is 3. The van der Waals surface area contributed by atoms with Gasteiger partial charge in [-0.25, -0.2) is 0 Å². The molecule has 0 atom stereocenters. The summed E-state index contributed by atoms with van der Waals surface area (Å²) in [6.45, 7) is 6.04. The average Bonchev–Trinajstić information content (AvgIpc) is 2.39. The summed E-state index contributed by atoms with van der Waals surface area (Å²) in [5.41, 5.74) is 8.81. The van der Waals surface area contributed by atoms with Crippen LogP contribution >= 0.6 is 0 Å². The number of nitrogen functional groups attached to an aromatic ring is 1. The van der Waals surface area contributed by atoms with E-state index in [9.17, 15) is 0 Å². The van der Waals surface area contributed by atoms with E-state index < -0.39 is 0 Å². The van der Waals surface area contributed by atoms with Gasteiger partial charge in [-0.05, 0) is 26.1 Å². The van der Waals surface area contributed by atoms with E-state index in [-0.39, 0.29) is 0 Å². The highest BCUT2D eigenvalue weighted by atomic mass is 16.7. The second kappa shape index (κ2) is 6.75. The molecule has 19 heavy (non-hydrogen) atoms. The summed E-state index contributed by atoms with van der Waals surface area (Å²) in [5, 5.41) is 0. The molecule has 0 spiro atoms. The van der Waals surface area contributed by atoms with Crippen LogP contribution in [0.4, 0.5) is 5.69 Å². The number of nitrogens with zero attached hydrogens (tertiary/aromatic N) is 1. The molecular weight excluding hydrogens is 244 g/mol. The highest BCUT2D eigenvalue weighted by Gasteiger charge is 2.17. The number of hydrogen-bond acceptors (Lipinski definition) is 5. The Morgan fingerprint density at radius 3 is 3.05 bits per heavy atom. The maximum absolute atomic E-state index is 5.93. The molecule has 1 heterocycles. The van der Waals surface area contributed by atoms with Gasteiger partial charge in [-0.2, -0.15) is 0 Å². The Balaban J connectivity index is 2.04. The topological polar surface area (TPSA) is 57.0 Å². The van der Waals surface area contributed by atoms with Crippen molar-refractivity contribution in [2.45, 2.75) is 20.1 Å². The quantitative estimate of drug-likeness (QED) is 0.626. The number of anilines is 1. The Morgan fingerprint density at radius 2 is 2.26 bits per heavy atom. The number of benzene rings is 1. The van der Waals surface area contributed by atoms with E-state index >= 15 is 0 Å². The molecule has 1 aromatic rings. The van der Waals surface area contributed by atoms with E-state index in [2.05, 4.69) is 11.9 Å². The number of hydrogen-bond donors (Lipinski definition) is 1. The van der Waals surface area contributed by atoms with Crippen LogP contribution in [0.25, 0.3) is 0 Å². The van der Waals surface area contributed by atoms with E-state index in [1.54, 1.807) is 0 Å². The molecule has 0 unspecified atom stereocenters. The third kappa shape index (κ3) is 3.83. The van der Waals surface area contributed by atoms with Gasteiger partial charge in [0.15, 0.2) is 6.79 Å². The van der Waals surface area contributed by atoms with Crippen molar-refractivity contribution in [1.29, 1.82) is 0 Å². The second-order valence-electron chi connectivity index (χ2n) is 4.71.